The molecule has 0 saturated carbocycles. The molecule has 4 aromatic rings. The largest absolute Gasteiger partial charge is 0.460 e. The van der Waals surface area contributed by atoms with Crippen LogP contribution in [0.2, 0.25) is 15.1 Å². The smallest absolute Gasteiger partial charge is 0.244 e. The molecule has 158 valence electrons. The zero-order valence-electron chi connectivity index (χ0n) is 16.2. The third-order valence-electron chi connectivity index (χ3n) is 5.17. The molecular weight excluding hydrogens is 471 g/mol. The summed E-state index contributed by atoms with van der Waals surface area (Å²) in [6.07, 6.45) is 0. The zero-order valence-corrected chi connectivity index (χ0v) is 18.5. The lowest BCUT2D eigenvalue weighted by atomic mass is 9.86. The SMILES string of the molecule is N#CC1=C(N)Oc2n[nH]c(-c3ccccc3)c2[C@H]1c1ccc(-c2c(Cl)cc(Cl)cc2Cl)o1. The van der Waals surface area contributed by atoms with E-state index in [0.717, 1.165) is 5.56 Å². The number of nitrogens with two attached hydrogens (primary N) is 1. The monoisotopic (exact) mass is 482 g/mol. The number of aromatic amines is 1. The minimum absolute atomic E-state index is 0.0309. The number of nitrogens with zero attached hydrogens (tertiary/aromatic N) is 2. The number of nitrogens with one attached hydrogen (secondary N) is 1. The molecule has 0 aliphatic carbocycles. The van der Waals surface area contributed by atoms with Crippen LogP contribution in [0, 0.1) is 11.3 Å². The van der Waals surface area contributed by atoms with Gasteiger partial charge in [-0.05, 0) is 29.8 Å². The fourth-order valence-electron chi connectivity index (χ4n) is 3.77. The molecule has 2 aromatic heterocycles. The summed E-state index contributed by atoms with van der Waals surface area (Å²) in [5.41, 5.74) is 8.99. The number of nitriles is 1. The summed E-state index contributed by atoms with van der Waals surface area (Å²) in [4.78, 5) is 0. The van der Waals surface area contributed by atoms with Crippen molar-refractivity contribution in [1.29, 1.82) is 5.26 Å². The third-order valence-corrected chi connectivity index (χ3v) is 5.98. The van der Waals surface area contributed by atoms with E-state index < -0.39 is 5.92 Å². The number of allylic oxidation sites excluding steroid dienone is 1. The molecule has 6 nitrogen and oxygen atoms in total. The van der Waals surface area contributed by atoms with Gasteiger partial charge in [0.1, 0.15) is 23.2 Å². The molecule has 5 rings (SSSR count). The summed E-state index contributed by atoms with van der Waals surface area (Å²) in [6.45, 7) is 0. The van der Waals surface area contributed by atoms with Gasteiger partial charge >= 0.3 is 0 Å². The van der Waals surface area contributed by atoms with E-state index >= 15 is 0 Å². The first-order valence-corrected chi connectivity index (χ1v) is 10.6. The van der Waals surface area contributed by atoms with Crippen molar-refractivity contribution in [3.8, 4) is 34.5 Å². The summed E-state index contributed by atoms with van der Waals surface area (Å²) >= 11 is 18.8. The van der Waals surface area contributed by atoms with Gasteiger partial charge in [0.15, 0.2) is 0 Å². The molecule has 3 heterocycles. The van der Waals surface area contributed by atoms with E-state index in [0.29, 0.717) is 43.4 Å². The number of H-pyrrole nitrogens is 1. The van der Waals surface area contributed by atoms with E-state index in [1.54, 1.807) is 24.3 Å². The Hall–Kier alpha value is -3.37. The Morgan fingerprint density at radius 2 is 1.75 bits per heavy atom. The van der Waals surface area contributed by atoms with E-state index in [2.05, 4.69) is 16.3 Å². The van der Waals surface area contributed by atoms with Crippen molar-refractivity contribution in [1.82, 2.24) is 10.2 Å². The highest BCUT2D eigenvalue weighted by Crippen LogP contribution is 2.47. The molecule has 2 aromatic carbocycles. The molecule has 0 unspecified atom stereocenters. The van der Waals surface area contributed by atoms with Crippen molar-refractivity contribution in [2.45, 2.75) is 5.92 Å². The number of halogens is 3. The number of hydrogen-bond acceptors (Lipinski definition) is 5. The van der Waals surface area contributed by atoms with Crippen molar-refractivity contribution in [3.63, 3.8) is 0 Å². The van der Waals surface area contributed by atoms with Crippen molar-refractivity contribution in [2.75, 3.05) is 0 Å². The minimum Gasteiger partial charge on any atom is -0.460 e. The average molecular weight is 484 g/mol. The molecule has 0 fully saturated rings. The third kappa shape index (κ3) is 3.32. The van der Waals surface area contributed by atoms with Gasteiger partial charge in [-0.3, -0.25) is 5.10 Å². The highest BCUT2D eigenvalue weighted by atomic mass is 35.5. The molecule has 0 bridgehead atoms. The van der Waals surface area contributed by atoms with Gasteiger partial charge in [-0.25, -0.2) is 0 Å². The molecular formula is C23H13Cl3N4O2. The quantitative estimate of drug-likeness (QED) is 0.346. The van der Waals surface area contributed by atoms with Gasteiger partial charge in [-0.2, -0.15) is 5.26 Å². The molecule has 0 radical (unpaired) electrons. The first kappa shape index (κ1) is 20.5. The van der Waals surface area contributed by atoms with Crippen LogP contribution in [-0.2, 0) is 0 Å². The number of hydrogen-bond donors (Lipinski definition) is 2. The van der Waals surface area contributed by atoms with E-state index in [1.165, 1.54) is 0 Å². The highest BCUT2D eigenvalue weighted by Gasteiger charge is 2.37. The van der Waals surface area contributed by atoms with Crippen LogP contribution in [0.4, 0.5) is 0 Å². The highest BCUT2D eigenvalue weighted by molar-refractivity contribution is 6.41. The number of aromatic nitrogens is 2. The zero-order chi connectivity index (χ0) is 22.4. The molecule has 1 aliphatic heterocycles. The molecule has 0 saturated heterocycles. The van der Waals surface area contributed by atoms with Crippen LogP contribution < -0.4 is 10.5 Å². The van der Waals surface area contributed by atoms with E-state index in [-0.39, 0.29) is 17.3 Å². The van der Waals surface area contributed by atoms with Gasteiger partial charge in [-0.15, -0.1) is 5.10 Å². The number of furan rings is 1. The first-order valence-electron chi connectivity index (χ1n) is 9.44. The Balaban J connectivity index is 1.68. The van der Waals surface area contributed by atoms with Crippen LogP contribution in [0.15, 0.2) is 70.5 Å². The molecule has 0 amide bonds. The Labute approximate surface area is 197 Å². The second-order valence-electron chi connectivity index (χ2n) is 7.05. The first-order chi connectivity index (χ1) is 15.5. The van der Waals surface area contributed by atoms with E-state index in [9.17, 15) is 5.26 Å². The number of fused-ring (bicyclic) bond motifs is 1. The summed E-state index contributed by atoms with van der Waals surface area (Å²) in [5, 5.41) is 18.2. The topological polar surface area (TPSA) is 101 Å². The molecule has 9 heteroatoms. The minimum atomic E-state index is -0.642. The van der Waals surface area contributed by atoms with Crippen molar-refractivity contribution in [2.24, 2.45) is 5.73 Å². The summed E-state index contributed by atoms with van der Waals surface area (Å²) < 4.78 is 11.8. The van der Waals surface area contributed by atoms with Gasteiger partial charge < -0.3 is 14.9 Å². The number of benzene rings is 2. The second kappa shape index (κ2) is 7.95. The molecule has 1 atom stereocenters. The van der Waals surface area contributed by atoms with E-state index in [4.69, 9.17) is 49.7 Å². The summed E-state index contributed by atoms with van der Waals surface area (Å²) in [5.74, 6) is 0.504. The normalized spacial score (nSPS) is 15.2. The molecule has 3 N–H and O–H groups in total. The maximum absolute atomic E-state index is 9.86. The van der Waals surface area contributed by atoms with Crippen LogP contribution in [0.25, 0.3) is 22.6 Å². The van der Waals surface area contributed by atoms with E-state index in [1.807, 2.05) is 30.3 Å². The maximum Gasteiger partial charge on any atom is 0.244 e. The average Bonchev–Trinajstić information content (AvgIpc) is 3.40. The lowest BCUT2D eigenvalue weighted by molar-refractivity contribution is 0.372. The van der Waals surface area contributed by atoms with Crippen molar-refractivity contribution >= 4 is 34.8 Å². The fourth-order valence-corrected chi connectivity index (χ4v) is 4.78. The Morgan fingerprint density at radius 3 is 2.44 bits per heavy atom. The number of rotatable bonds is 3. The van der Waals surface area contributed by atoms with Crippen LogP contribution in [0.3, 0.4) is 0 Å². The fraction of sp³-hybridized carbons (Fsp3) is 0.0435. The van der Waals surface area contributed by atoms with Gasteiger partial charge in [0.2, 0.25) is 11.8 Å². The second-order valence-corrected chi connectivity index (χ2v) is 8.31. The summed E-state index contributed by atoms with van der Waals surface area (Å²) in [6, 6.07) is 18.4. The van der Waals surface area contributed by atoms with Gasteiger partial charge in [0.25, 0.3) is 0 Å². The van der Waals surface area contributed by atoms with Gasteiger partial charge in [0.05, 0.1) is 32.8 Å². The lowest BCUT2D eigenvalue weighted by Gasteiger charge is -2.22. The van der Waals surface area contributed by atoms with Crippen LogP contribution in [0.5, 0.6) is 5.88 Å². The number of ether oxygens (including phenoxy) is 1. The van der Waals surface area contributed by atoms with Crippen molar-refractivity contribution < 1.29 is 9.15 Å². The Morgan fingerprint density at radius 1 is 1.03 bits per heavy atom. The summed E-state index contributed by atoms with van der Waals surface area (Å²) in [7, 11) is 0. The Kier molecular flexibility index (Phi) is 5.10. The van der Waals surface area contributed by atoms with Crippen LogP contribution >= 0.6 is 34.8 Å². The van der Waals surface area contributed by atoms with Crippen molar-refractivity contribution in [3.05, 3.63) is 92.4 Å². The maximum atomic E-state index is 9.86. The lowest BCUT2D eigenvalue weighted by Crippen LogP contribution is -2.20. The van der Waals surface area contributed by atoms with Crippen LogP contribution in [0.1, 0.15) is 17.2 Å². The molecule has 0 spiro atoms. The van der Waals surface area contributed by atoms with Crippen LogP contribution in [-0.4, -0.2) is 10.2 Å². The predicted molar refractivity (Wildman–Crippen MR) is 122 cm³/mol. The molecule has 32 heavy (non-hydrogen) atoms. The molecule has 1 aliphatic rings. The Bertz CT molecular complexity index is 1390. The standard InChI is InChI=1S/C23H13Cl3N4O2/c24-12-8-14(25)19(15(26)9-12)17-7-6-16(31-17)18-13(10-27)22(28)32-23-20(18)21(29-30-23)11-4-2-1-3-5-11/h1-9,18H,28H2,(H,29,30)/t18-/m1/s1. The predicted octanol–water partition coefficient (Wildman–Crippen LogP) is 6.52. The van der Waals surface area contributed by atoms with Gasteiger partial charge in [-0.1, -0.05) is 65.1 Å². The van der Waals surface area contributed by atoms with Gasteiger partial charge in [0, 0.05) is 5.02 Å².